The Hall–Kier alpha value is -2.84. The second-order valence-electron chi connectivity index (χ2n) is 8.19. The second kappa shape index (κ2) is 6.08. The van der Waals surface area contributed by atoms with Crippen LogP contribution in [0.4, 0.5) is 5.95 Å². The maximum absolute atomic E-state index is 13.3. The summed E-state index contributed by atoms with van der Waals surface area (Å²) < 4.78 is 3.32. The van der Waals surface area contributed by atoms with Crippen molar-refractivity contribution in [2.24, 2.45) is 19.8 Å². The van der Waals surface area contributed by atoms with Crippen LogP contribution in [0.3, 0.4) is 0 Å². The molecule has 0 saturated carbocycles. The maximum atomic E-state index is 13.3. The van der Waals surface area contributed by atoms with Gasteiger partial charge in [0.1, 0.15) is 5.65 Å². The third kappa shape index (κ3) is 2.74. The molecule has 1 aromatic carbocycles. The molecule has 1 atom stereocenters. The normalized spacial score (nSPS) is 19.7. The minimum atomic E-state index is -0.278. The standard InChI is InChI=1S/C20H22ClN7O/c1-20(22)6-7-28(10-20)19-24-17-15(18(29)27(19)3)12(8-23-17)11-4-5-14-13(16(11)21)9-26(2)25-14/h4-5,8-9,23H,6-7,10,22H2,1-3H3. The second-order valence-corrected chi connectivity index (χ2v) is 8.57. The maximum Gasteiger partial charge on any atom is 0.264 e. The molecule has 3 aromatic heterocycles. The molecule has 4 heterocycles. The monoisotopic (exact) mass is 411 g/mol. The lowest BCUT2D eigenvalue weighted by molar-refractivity contribution is 0.523. The topological polar surface area (TPSA) is 97.8 Å². The Morgan fingerprint density at radius 2 is 2.07 bits per heavy atom. The van der Waals surface area contributed by atoms with E-state index in [1.807, 2.05) is 32.3 Å². The third-order valence-electron chi connectivity index (χ3n) is 5.71. The third-order valence-corrected chi connectivity index (χ3v) is 6.11. The Balaban J connectivity index is 1.69. The predicted octanol–water partition coefficient (Wildman–Crippen LogP) is 2.40. The molecule has 1 fully saturated rings. The van der Waals surface area contributed by atoms with Gasteiger partial charge in [-0.25, -0.2) is 0 Å². The lowest BCUT2D eigenvalue weighted by atomic mass is 10.0. The van der Waals surface area contributed by atoms with Crippen LogP contribution in [0, 0.1) is 0 Å². The van der Waals surface area contributed by atoms with Gasteiger partial charge in [-0.3, -0.25) is 14.0 Å². The first-order valence-electron chi connectivity index (χ1n) is 9.49. The van der Waals surface area contributed by atoms with Crippen molar-refractivity contribution in [2.75, 3.05) is 18.0 Å². The number of halogens is 1. The molecule has 0 bridgehead atoms. The fraction of sp³-hybridized carbons (Fsp3) is 0.350. The molecular formula is C20H22ClN7O. The lowest BCUT2D eigenvalue weighted by Crippen LogP contribution is -2.40. The fourth-order valence-electron chi connectivity index (χ4n) is 4.19. The average molecular weight is 412 g/mol. The Morgan fingerprint density at radius 1 is 1.28 bits per heavy atom. The van der Waals surface area contributed by atoms with E-state index in [9.17, 15) is 4.79 Å². The van der Waals surface area contributed by atoms with E-state index in [0.717, 1.165) is 35.0 Å². The van der Waals surface area contributed by atoms with Crippen LogP contribution < -0.4 is 16.2 Å². The Morgan fingerprint density at radius 3 is 2.79 bits per heavy atom. The zero-order valence-electron chi connectivity index (χ0n) is 16.5. The van der Waals surface area contributed by atoms with E-state index < -0.39 is 0 Å². The highest BCUT2D eigenvalue weighted by Gasteiger charge is 2.32. The number of hydrogen-bond acceptors (Lipinski definition) is 5. The minimum Gasteiger partial charge on any atom is -0.345 e. The number of rotatable bonds is 2. The predicted molar refractivity (Wildman–Crippen MR) is 115 cm³/mol. The first-order valence-corrected chi connectivity index (χ1v) is 9.87. The number of hydrogen-bond donors (Lipinski definition) is 2. The molecule has 0 spiro atoms. The summed E-state index contributed by atoms with van der Waals surface area (Å²) in [5, 5.41) is 6.33. The number of benzene rings is 1. The van der Waals surface area contributed by atoms with Crippen LogP contribution in [0.15, 0.2) is 29.3 Å². The van der Waals surface area contributed by atoms with Crippen LogP contribution in [0.2, 0.25) is 5.02 Å². The van der Waals surface area contributed by atoms with Crippen molar-refractivity contribution in [3.8, 4) is 11.1 Å². The highest BCUT2D eigenvalue weighted by Crippen LogP contribution is 2.36. The van der Waals surface area contributed by atoms with Gasteiger partial charge < -0.3 is 15.6 Å². The first kappa shape index (κ1) is 18.2. The Labute approximate surface area is 171 Å². The highest BCUT2D eigenvalue weighted by molar-refractivity contribution is 6.38. The first-order chi connectivity index (χ1) is 13.7. The number of anilines is 1. The summed E-state index contributed by atoms with van der Waals surface area (Å²) in [5.74, 6) is 0.624. The molecule has 0 radical (unpaired) electrons. The van der Waals surface area contributed by atoms with Gasteiger partial charge in [0.05, 0.1) is 15.9 Å². The van der Waals surface area contributed by atoms with Crippen molar-refractivity contribution in [2.45, 2.75) is 18.9 Å². The summed E-state index contributed by atoms with van der Waals surface area (Å²) >= 11 is 6.69. The molecule has 1 saturated heterocycles. The zero-order valence-corrected chi connectivity index (χ0v) is 17.3. The number of aromatic amines is 1. The number of nitrogens with two attached hydrogens (primary N) is 1. The molecule has 8 nitrogen and oxygen atoms in total. The Bertz CT molecular complexity index is 1330. The van der Waals surface area contributed by atoms with E-state index in [0.29, 0.717) is 28.5 Å². The van der Waals surface area contributed by atoms with E-state index in [2.05, 4.69) is 15.0 Å². The molecule has 1 unspecified atom stereocenters. The van der Waals surface area contributed by atoms with Crippen molar-refractivity contribution < 1.29 is 0 Å². The van der Waals surface area contributed by atoms with Gasteiger partial charge in [-0.15, -0.1) is 0 Å². The van der Waals surface area contributed by atoms with Gasteiger partial charge in [0.25, 0.3) is 5.56 Å². The van der Waals surface area contributed by atoms with Gasteiger partial charge >= 0.3 is 0 Å². The van der Waals surface area contributed by atoms with Gasteiger partial charge in [-0.05, 0) is 19.4 Å². The molecule has 5 rings (SSSR count). The van der Waals surface area contributed by atoms with E-state index >= 15 is 0 Å². The van der Waals surface area contributed by atoms with Crippen LogP contribution in [0.5, 0.6) is 0 Å². The van der Waals surface area contributed by atoms with Crippen LogP contribution in [0.25, 0.3) is 33.1 Å². The largest absolute Gasteiger partial charge is 0.345 e. The van der Waals surface area contributed by atoms with Crippen LogP contribution >= 0.6 is 11.6 Å². The molecule has 1 aliphatic heterocycles. The number of nitrogens with zero attached hydrogens (tertiary/aromatic N) is 5. The van der Waals surface area contributed by atoms with E-state index in [1.54, 1.807) is 22.5 Å². The number of aryl methyl sites for hydroxylation is 1. The van der Waals surface area contributed by atoms with Gasteiger partial charge in [0.2, 0.25) is 5.95 Å². The van der Waals surface area contributed by atoms with Crippen molar-refractivity contribution in [1.29, 1.82) is 0 Å². The van der Waals surface area contributed by atoms with Gasteiger partial charge in [0, 0.05) is 61.6 Å². The molecule has 1 aliphatic rings. The van der Waals surface area contributed by atoms with E-state index in [1.165, 1.54) is 0 Å². The van der Waals surface area contributed by atoms with E-state index in [4.69, 9.17) is 22.3 Å². The number of fused-ring (bicyclic) bond motifs is 2. The summed E-state index contributed by atoms with van der Waals surface area (Å²) in [6.45, 7) is 3.46. The zero-order chi connectivity index (χ0) is 20.5. The number of nitrogens with one attached hydrogen (secondary N) is 1. The molecule has 3 N–H and O–H groups in total. The molecular weight excluding hydrogens is 390 g/mol. The van der Waals surface area contributed by atoms with Crippen LogP contribution in [-0.4, -0.2) is 42.9 Å². The van der Waals surface area contributed by atoms with Crippen molar-refractivity contribution in [3.63, 3.8) is 0 Å². The molecule has 4 aromatic rings. The summed E-state index contributed by atoms with van der Waals surface area (Å²) in [7, 11) is 3.60. The SMILES string of the molecule is Cn1cc2c(Cl)c(-c3c[nH]c4nc(N5CCC(C)(N)C5)n(C)c(=O)c34)ccc2n1. The molecule has 0 amide bonds. The average Bonchev–Trinajstić information content (AvgIpc) is 3.35. The van der Waals surface area contributed by atoms with Crippen LogP contribution in [0.1, 0.15) is 13.3 Å². The van der Waals surface area contributed by atoms with Crippen molar-refractivity contribution in [3.05, 3.63) is 39.9 Å². The number of aromatic nitrogens is 5. The fourth-order valence-corrected chi connectivity index (χ4v) is 4.50. The Kier molecular flexibility index (Phi) is 3.81. The van der Waals surface area contributed by atoms with Crippen molar-refractivity contribution in [1.82, 2.24) is 24.3 Å². The smallest absolute Gasteiger partial charge is 0.264 e. The molecule has 0 aliphatic carbocycles. The van der Waals surface area contributed by atoms with Gasteiger partial charge in [-0.2, -0.15) is 10.1 Å². The lowest BCUT2D eigenvalue weighted by Gasteiger charge is -2.22. The van der Waals surface area contributed by atoms with E-state index in [-0.39, 0.29) is 11.1 Å². The molecule has 9 heteroatoms. The van der Waals surface area contributed by atoms with Crippen LogP contribution in [-0.2, 0) is 14.1 Å². The molecule has 150 valence electrons. The minimum absolute atomic E-state index is 0.116. The summed E-state index contributed by atoms with van der Waals surface area (Å²) in [6.07, 6.45) is 4.53. The van der Waals surface area contributed by atoms with Crippen molar-refractivity contribution >= 4 is 39.5 Å². The summed E-state index contributed by atoms with van der Waals surface area (Å²) in [4.78, 5) is 23.3. The highest BCUT2D eigenvalue weighted by atomic mass is 35.5. The quantitative estimate of drug-likeness (QED) is 0.527. The molecule has 29 heavy (non-hydrogen) atoms. The number of H-pyrrole nitrogens is 1. The van der Waals surface area contributed by atoms with Gasteiger partial charge in [0.15, 0.2) is 0 Å². The summed E-state index contributed by atoms with van der Waals surface area (Å²) in [5.41, 5.74) is 8.75. The summed E-state index contributed by atoms with van der Waals surface area (Å²) in [6, 6.07) is 3.81. The van der Waals surface area contributed by atoms with Gasteiger partial charge in [-0.1, -0.05) is 17.7 Å².